The number of sulfone groups is 1. The van der Waals surface area contributed by atoms with E-state index in [1.807, 2.05) is 36.1 Å². The second-order valence-corrected chi connectivity index (χ2v) is 8.85. The van der Waals surface area contributed by atoms with Crippen molar-refractivity contribution in [3.8, 4) is 0 Å². The standard InChI is InChI=1S/C15H24N2O2S2/c1-3-13(16)12-7-5-6-8-14(12)17-9-10-20-11-15(17)21(18,19)4-2/h5-8,13,15H,3-4,9-11,16H2,1-2H3/t13-,15?/m1/s1. The van der Waals surface area contributed by atoms with Gasteiger partial charge in [-0.3, -0.25) is 0 Å². The molecular formula is C15H24N2O2S2. The molecule has 0 amide bonds. The highest BCUT2D eigenvalue weighted by molar-refractivity contribution is 8.01. The number of hydrogen-bond acceptors (Lipinski definition) is 5. The highest BCUT2D eigenvalue weighted by atomic mass is 32.2. The summed E-state index contributed by atoms with van der Waals surface area (Å²) in [6.07, 6.45) is 0.838. The Hall–Kier alpha value is -0.720. The molecule has 21 heavy (non-hydrogen) atoms. The van der Waals surface area contributed by atoms with Crippen LogP contribution in [0.15, 0.2) is 24.3 Å². The van der Waals surface area contributed by atoms with Crippen LogP contribution in [0, 0.1) is 0 Å². The molecule has 1 aromatic rings. The highest BCUT2D eigenvalue weighted by Crippen LogP contribution is 2.32. The van der Waals surface area contributed by atoms with E-state index >= 15 is 0 Å². The van der Waals surface area contributed by atoms with Gasteiger partial charge in [0.2, 0.25) is 0 Å². The number of thioether (sulfide) groups is 1. The molecule has 0 radical (unpaired) electrons. The number of nitrogens with zero attached hydrogens (tertiary/aromatic N) is 1. The molecule has 0 aromatic heterocycles. The number of anilines is 1. The van der Waals surface area contributed by atoms with Crippen LogP contribution in [0.25, 0.3) is 0 Å². The van der Waals surface area contributed by atoms with Crippen molar-refractivity contribution in [2.24, 2.45) is 5.73 Å². The van der Waals surface area contributed by atoms with E-state index in [-0.39, 0.29) is 11.8 Å². The lowest BCUT2D eigenvalue weighted by Crippen LogP contribution is -2.48. The van der Waals surface area contributed by atoms with Crippen LogP contribution in [-0.2, 0) is 9.84 Å². The van der Waals surface area contributed by atoms with Gasteiger partial charge < -0.3 is 10.6 Å². The summed E-state index contributed by atoms with van der Waals surface area (Å²) < 4.78 is 24.8. The SMILES string of the molecule is CC[C@@H](N)c1ccccc1N1CCSCC1S(=O)(=O)CC. The number of para-hydroxylation sites is 1. The first-order valence-corrected chi connectivity index (χ1v) is 10.3. The minimum atomic E-state index is -3.10. The number of benzene rings is 1. The lowest BCUT2D eigenvalue weighted by molar-refractivity contribution is 0.578. The zero-order valence-electron chi connectivity index (χ0n) is 12.7. The van der Waals surface area contributed by atoms with Gasteiger partial charge in [0.05, 0.1) is 0 Å². The van der Waals surface area contributed by atoms with E-state index < -0.39 is 15.2 Å². The molecule has 1 heterocycles. The van der Waals surface area contributed by atoms with Gasteiger partial charge in [-0.15, -0.1) is 0 Å². The van der Waals surface area contributed by atoms with Gasteiger partial charge in [0, 0.05) is 35.5 Å². The van der Waals surface area contributed by atoms with Crippen LogP contribution in [-0.4, -0.2) is 37.6 Å². The van der Waals surface area contributed by atoms with Crippen molar-refractivity contribution in [2.45, 2.75) is 31.7 Å². The van der Waals surface area contributed by atoms with E-state index in [0.717, 1.165) is 30.0 Å². The maximum absolute atomic E-state index is 12.4. The molecule has 1 saturated heterocycles. The van der Waals surface area contributed by atoms with Gasteiger partial charge in [0.1, 0.15) is 5.37 Å². The molecule has 1 unspecified atom stereocenters. The van der Waals surface area contributed by atoms with Crippen LogP contribution in [0.1, 0.15) is 31.9 Å². The van der Waals surface area contributed by atoms with Gasteiger partial charge in [0.15, 0.2) is 9.84 Å². The predicted molar refractivity (Wildman–Crippen MR) is 91.6 cm³/mol. The molecule has 0 aliphatic carbocycles. The maximum atomic E-state index is 12.4. The Balaban J connectivity index is 2.43. The summed E-state index contributed by atoms with van der Waals surface area (Å²) >= 11 is 1.71. The quantitative estimate of drug-likeness (QED) is 0.899. The summed E-state index contributed by atoms with van der Waals surface area (Å²) in [4.78, 5) is 2.04. The van der Waals surface area contributed by atoms with Crippen LogP contribution < -0.4 is 10.6 Å². The van der Waals surface area contributed by atoms with Gasteiger partial charge >= 0.3 is 0 Å². The first kappa shape index (κ1) is 16.6. The van der Waals surface area contributed by atoms with Crippen molar-refractivity contribution < 1.29 is 8.42 Å². The van der Waals surface area contributed by atoms with Gasteiger partial charge in [-0.05, 0) is 18.1 Å². The number of rotatable bonds is 5. The van der Waals surface area contributed by atoms with E-state index in [2.05, 4.69) is 0 Å². The van der Waals surface area contributed by atoms with E-state index in [1.165, 1.54) is 0 Å². The summed E-state index contributed by atoms with van der Waals surface area (Å²) in [5.74, 6) is 1.76. The minimum Gasteiger partial charge on any atom is -0.353 e. The normalized spacial score (nSPS) is 21.3. The first-order chi connectivity index (χ1) is 10.0. The van der Waals surface area contributed by atoms with Crippen LogP contribution in [0.4, 0.5) is 5.69 Å². The minimum absolute atomic E-state index is 0.0549. The zero-order chi connectivity index (χ0) is 15.5. The molecule has 1 aliphatic rings. The fourth-order valence-corrected chi connectivity index (χ4v) is 5.61. The first-order valence-electron chi connectivity index (χ1n) is 7.41. The van der Waals surface area contributed by atoms with Gasteiger partial charge in [-0.1, -0.05) is 32.0 Å². The van der Waals surface area contributed by atoms with Crippen molar-refractivity contribution in [3.63, 3.8) is 0 Å². The molecule has 0 bridgehead atoms. The average molecular weight is 329 g/mol. The third kappa shape index (κ3) is 3.55. The molecule has 2 rings (SSSR count). The summed E-state index contributed by atoms with van der Waals surface area (Å²) in [5, 5.41) is -0.438. The average Bonchev–Trinajstić information content (AvgIpc) is 2.54. The molecule has 2 atom stereocenters. The van der Waals surface area contributed by atoms with Gasteiger partial charge in [-0.25, -0.2) is 8.42 Å². The molecular weight excluding hydrogens is 304 g/mol. The summed E-state index contributed by atoms with van der Waals surface area (Å²) in [7, 11) is -3.10. The van der Waals surface area contributed by atoms with E-state index in [0.29, 0.717) is 5.75 Å². The third-order valence-electron chi connectivity index (χ3n) is 3.99. The fourth-order valence-electron chi connectivity index (χ4n) is 2.63. The van der Waals surface area contributed by atoms with Crippen molar-refractivity contribution in [1.82, 2.24) is 0 Å². The van der Waals surface area contributed by atoms with Crippen LogP contribution in [0.3, 0.4) is 0 Å². The van der Waals surface area contributed by atoms with Crippen molar-refractivity contribution in [2.75, 3.05) is 28.7 Å². The third-order valence-corrected chi connectivity index (χ3v) is 7.28. The Morgan fingerprint density at radius 3 is 2.76 bits per heavy atom. The molecule has 6 heteroatoms. The van der Waals surface area contributed by atoms with Crippen molar-refractivity contribution in [3.05, 3.63) is 29.8 Å². The van der Waals surface area contributed by atoms with Crippen molar-refractivity contribution in [1.29, 1.82) is 0 Å². The smallest absolute Gasteiger partial charge is 0.171 e. The Morgan fingerprint density at radius 1 is 1.38 bits per heavy atom. The van der Waals surface area contributed by atoms with Crippen LogP contribution in [0.2, 0.25) is 0 Å². The van der Waals surface area contributed by atoms with E-state index in [1.54, 1.807) is 18.7 Å². The number of nitrogens with two attached hydrogens (primary N) is 1. The fraction of sp³-hybridized carbons (Fsp3) is 0.600. The van der Waals surface area contributed by atoms with Crippen LogP contribution in [0.5, 0.6) is 0 Å². The topological polar surface area (TPSA) is 63.4 Å². The number of hydrogen-bond donors (Lipinski definition) is 1. The molecule has 1 aromatic carbocycles. The van der Waals surface area contributed by atoms with Crippen LogP contribution >= 0.6 is 11.8 Å². The Morgan fingerprint density at radius 2 is 2.10 bits per heavy atom. The van der Waals surface area contributed by atoms with Gasteiger partial charge in [0.25, 0.3) is 0 Å². The van der Waals surface area contributed by atoms with E-state index in [9.17, 15) is 8.42 Å². The molecule has 0 spiro atoms. The largest absolute Gasteiger partial charge is 0.353 e. The Bertz CT molecular complexity index is 575. The lowest BCUT2D eigenvalue weighted by atomic mass is 10.0. The van der Waals surface area contributed by atoms with Crippen molar-refractivity contribution >= 4 is 27.3 Å². The monoisotopic (exact) mass is 328 g/mol. The van der Waals surface area contributed by atoms with E-state index in [4.69, 9.17) is 5.73 Å². The zero-order valence-corrected chi connectivity index (χ0v) is 14.3. The molecule has 0 saturated carbocycles. The predicted octanol–water partition coefficient (Wildman–Crippen LogP) is 2.41. The molecule has 1 aliphatic heterocycles. The Kier molecular flexibility index (Phi) is 5.57. The molecule has 118 valence electrons. The maximum Gasteiger partial charge on any atom is 0.171 e. The summed E-state index contributed by atoms with van der Waals surface area (Å²) in [6, 6.07) is 7.88. The molecule has 2 N–H and O–H groups in total. The summed E-state index contributed by atoms with van der Waals surface area (Å²) in [5.41, 5.74) is 8.23. The second-order valence-electron chi connectivity index (χ2n) is 5.25. The second kappa shape index (κ2) is 7.03. The molecule has 1 fully saturated rings. The van der Waals surface area contributed by atoms with Gasteiger partial charge in [-0.2, -0.15) is 11.8 Å². The summed E-state index contributed by atoms with van der Waals surface area (Å²) in [6.45, 7) is 4.52. The lowest BCUT2D eigenvalue weighted by Gasteiger charge is -2.38. The highest BCUT2D eigenvalue weighted by Gasteiger charge is 2.34. The molecule has 4 nitrogen and oxygen atoms in total. The Labute approximate surface area is 132 Å².